The Kier molecular flexibility index (Phi) is 2.23. The van der Waals surface area contributed by atoms with Gasteiger partial charge in [-0.1, -0.05) is 6.42 Å². The van der Waals surface area contributed by atoms with E-state index in [2.05, 4.69) is 0 Å². The van der Waals surface area contributed by atoms with Gasteiger partial charge in [-0.15, -0.1) is 0 Å². The zero-order valence-electron chi connectivity index (χ0n) is 9.06. The van der Waals surface area contributed by atoms with E-state index in [0.717, 1.165) is 19.4 Å². The number of carbonyl (C=O) groups excluding carboxylic acids is 1. The van der Waals surface area contributed by atoms with Gasteiger partial charge in [0.05, 0.1) is 12.6 Å². The van der Waals surface area contributed by atoms with E-state index in [1.54, 1.807) is 0 Å². The van der Waals surface area contributed by atoms with Crippen molar-refractivity contribution >= 4 is 5.91 Å². The summed E-state index contributed by atoms with van der Waals surface area (Å²) in [5.74, 6) is 2.10. The Balaban J connectivity index is 1.65. The minimum atomic E-state index is 0.124. The SMILES string of the molecule is O=C(C1C2CCCC21)N1CCC[C@H]1CO. The summed E-state index contributed by atoms with van der Waals surface area (Å²) < 4.78 is 0. The van der Waals surface area contributed by atoms with Crippen molar-refractivity contribution in [1.82, 2.24) is 4.90 Å². The maximum Gasteiger partial charge on any atom is 0.226 e. The van der Waals surface area contributed by atoms with Gasteiger partial charge in [0, 0.05) is 12.5 Å². The minimum absolute atomic E-state index is 0.124. The molecule has 2 unspecified atom stereocenters. The van der Waals surface area contributed by atoms with Crippen molar-refractivity contribution < 1.29 is 9.90 Å². The van der Waals surface area contributed by atoms with Crippen molar-refractivity contribution in [2.45, 2.75) is 38.1 Å². The van der Waals surface area contributed by atoms with Crippen molar-refractivity contribution in [2.75, 3.05) is 13.2 Å². The monoisotopic (exact) mass is 209 g/mol. The number of aliphatic hydroxyl groups is 1. The van der Waals surface area contributed by atoms with Crippen LogP contribution in [-0.2, 0) is 4.79 Å². The van der Waals surface area contributed by atoms with E-state index in [9.17, 15) is 9.90 Å². The zero-order chi connectivity index (χ0) is 10.4. The second kappa shape index (κ2) is 3.48. The summed E-state index contributed by atoms with van der Waals surface area (Å²) in [5, 5.41) is 9.20. The Bertz CT molecular complexity index is 269. The number of likely N-dealkylation sites (tertiary alicyclic amines) is 1. The second-order valence-electron chi connectivity index (χ2n) is 5.29. The molecular weight excluding hydrogens is 190 g/mol. The van der Waals surface area contributed by atoms with Crippen LogP contribution in [0, 0.1) is 17.8 Å². The highest BCUT2D eigenvalue weighted by Crippen LogP contribution is 2.58. The molecule has 1 saturated heterocycles. The summed E-state index contributed by atoms with van der Waals surface area (Å²) in [6.45, 7) is 1.02. The standard InChI is InChI=1S/C12H19NO2/c14-7-8-3-2-6-13(8)12(15)11-9-4-1-5-10(9)11/h8-11,14H,1-7H2/t8-,9?,10?,11?/m0/s1. The molecule has 2 aliphatic carbocycles. The van der Waals surface area contributed by atoms with Gasteiger partial charge in [-0.3, -0.25) is 4.79 Å². The largest absolute Gasteiger partial charge is 0.394 e. The molecule has 84 valence electrons. The van der Waals surface area contributed by atoms with E-state index in [4.69, 9.17) is 0 Å². The van der Waals surface area contributed by atoms with E-state index < -0.39 is 0 Å². The number of nitrogens with zero attached hydrogens (tertiary/aromatic N) is 1. The van der Waals surface area contributed by atoms with Crippen LogP contribution < -0.4 is 0 Å². The van der Waals surface area contributed by atoms with E-state index in [1.165, 1.54) is 19.3 Å². The summed E-state index contributed by atoms with van der Waals surface area (Å²) in [4.78, 5) is 14.2. The summed E-state index contributed by atoms with van der Waals surface area (Å²) in [6.07, 6.45) is 5.91. The van der Waals surface area contributed by atoms with Crippen LogP contribution in [0.4, 0.5) is 0 Å². The molecule has 3 heteroatoms. The van der Waals surface area contributed by atoms with Crippen LogP contribution in [-0.4, -0.2) is 35.1 Å². The molecule has 0 aromatic rings. The predicted molar refractivity (Wildman–Crippen MR) is 56.1 cm³/mol. The summed E-state index contributed by atoms with van der Waals surface area (Å²) in [6, 6.07) is 0.124. The molecule has 0 bridgehead atoms. The molecule has 0 aromatic carbocycles. The smallest absolute Gasteiger partial charge is 0.226 e. The highest BCUT2D eigenvalue weighted by Gasteiger charge is 2.58. The Morgan fingerprint density at radius 1 is 1.20 bits per heavy atom. The van der Waals surface area contributed by atoms with Crippen LogP contribution >= 0.6 is 0 Å². The number of hydrogen-bond donors (Lipinski definition) is 1. The van der Waals surface area contributed by atoms with Gasteiger partial charge >= 0.3 is 0 Å². The third-order valence-electron chi connectivity index (χ3n) is 4.56. The van der Waals surface area contributed by atoms with Crippen molar-refractivity contribution in [1.29, 1.82) is 0 Å². The summed E-state index contributed by atoms with van der Waals surface area (Å²) >= 11 is 0. The summed E-state index contributed by atoms with van der Waals surface area (Å²) in [7, 11) is 0. The fourth-order valence-electron chi connectivity index (χ4n) is 3.69. The molecule has 1 aliphatic heterocycles. The zero-order valence-corrected chi connectivity index (χ0v) is 9.06. The quantitative estimate of drug-likeness (QED) is 0.737. The molecule has 3 atom stereocenters. The van der Waals surface area contributed by atoms with Crippen LogP contribution in [0.3, 0.4) is 0 Å². The van der Waals surface area contributed by atoms with E-state index in [-0.39, 0.29) is 12.6 Å². The fourth-order valence-corrected chi connectivity index (χ4v) is 3.69. The average Bonchev–Trinajstić information content (AvgIpc) is 2.72. The van der Waals surface area contributed by atoms with Gasteiger partial charge in [0.15, 0.2) is 0 Å². The minimum Gasteiger partial charge on any atom is -0.394 e. The lowest BCUT2D eigenvalue weighted by Gasteiger charge is -2.23. The maximum atomic E-state index is 12.2. The number of fused-ring (bicyclic) bond motifs is 1. The Morgan fingerprint density at radius 3 is 2.60 bits per heavy atom. The number of carbonyl (C=O) groups is 1. The molecule has 3 fully saturated rings. The first-order valence-electron chi connectivity index (χ1n) is 6.24. The van der Waals surface area contributed by atoms with Gasteiger partial charge in [-0.2, -0.15) is 0 Å². The molecule has 3 nitrogen and oxygen atoms in total. The molecule has 0 aromatic heterocycles. The Labute approximate surface area is 90.5 Å². The van der Waals surface area contributed by atoms with Crippen LogP contribution in [0.15, 0.2) is 0 Å². The van der Waals surface area contributed by atoms with Gasteiger partial charge in [-0.05, 0) is 37.5 Å². The molecule has 1 N–H and O–H groups in total. The van der Waals surface area contributed by atoms with Gasteiger partial charge in [0.25, 0.3) is 0 Å². The lowest BCUT2D eigenvalue weighted by Crippen LogP contribution is -2.39. The first kappa shape index (κ1) is 9.64. The van der Waals surface area contributed by atoms with Gasteiger partial charge < -0.3 is 10.0 Å². The van der Waals surface area contributed by atoms with Crippen LogP contribution in [0.25, 0.3) is 0 Å². The van der Waals surface area contributed by atoms with Crippen molar-refractivity contribution in [3.63, 3.8) is 0 Å². The van der Waals surface area contributed by atoms with Crippen molar-refractivity contribution in [3.05, 3.63) is 0 Å². The first-order valence-corrected chi connectivity index (χ1v) is 6.24. The number of hydrogen-bond acceptors (Lipinski definition) is 2. The molecule has 1 heterocycles. The van der Waals surface area contributed by atoms with E-state index in [0.29, 0.717) is 23.7 Å². The van der Waals surface area contributed by atoms with E-state index >= 15 is 0 Å². The highest BCUT2D eigenvalue weighted by atomic mass is 16.3. The molecular formula is C12H19NO2. The van der Waals surface area contributed by atoms with Gasteiger partial charge in [0.1, 0.15) is 0 Å². The number of amides is 1. The number of rotatable bonds is 2. The van der Waals surface area contributed by atoms with Crippen LogP contribution in [0.2, 0.25) is 0 Å². The second-order valence-corrected chi connectivity index (χ2v) is 5.29. The number of aliphatic hydroxyl groups excluding tert-OH is 1. The topological polar surface area (TPSA) is 40.5 Å². The average molecular weight is 209 g/mol. The highest BCUT2D eigenvalue weighted by molar-refractivity contribution is 5.83. The maximum absolute atomic E-state index is 12.2. The van der Waals surface area contributed by atoms with Crippen LogP contribution in [0.5, 0.6) is 0 Å². The third kappa shape index (κ3) is 1.40. The van der Waals surface area contributed by atoms with Crippen molar-refractivity contribution in [2.24, 2.45) is 17.8 Å². The summed E-state index contributed by atoms with van der Waals surface area (Å²) in [5.41, 5.74) is 0. The molecule has 3 aliphatic rings. The molecule has 3 rings (SSSR count). The molecule has 0 spiro atoms. The molecule has 0 radical (unpaired) electrons. The van der Waals surface area contributed by atoms with Crippen molar-refractivity contribution in [3.8, 4) is 0 Å². The van der Waals surface area contributed by atoms with Gasteiger partial charge in [-0.25, -0.2) is 0 Å². The van der Waals surface area contributed by atoms with Gasteiger partial charge in [0.2, 0.25) is 5.91 Å². The van der Waals surface area contributed by atoms with Crippen LogP contribution in [0.1, 0.15) is 32.1 Å². The Morgan fingerprint density at radius 2 is 1.93 bits per heavy atom. The molecule has 15 heavy (non-hydrogen) atoms. The Hall–Kier alpha value is -0.570. The first-order chi connectivity index (χ1) is 7.33. The normalized spacial score (nSPS) is 43.1. The molecule has 2 saturated carbocycles. The van der Waals surface area contributed by atoms with E-state index in [1.807, 2.05) is 4.90 Å². The predicted octanol–water partition coefficient (Wildman–Crippen LogP) is 1.02. The lowest BCUT2D eigenvalue weighted by molar-refractivity contribution is -0.134. The molecule has 1 amide bonds. The lowest BCUT2D eigenvalue weighted by atomic mass is 10.1. The fraction of sp³-hybridized carbons (Fsp3) is 0.917. The third-order valence-corrected chi connectivity index (χ3v) is 4.56.